The molecule has 4 N–H and O–H groups in total. The number of nitrogens with two attached hydrogens (primary N) is 1. The minimum atomic E-state index is -3.86. The zero-order chi connectivity index (χ0) is 34.4. The maximum atomic E-state index is 14.8. The quantitative estimate of drug-likeness (QED) is 0.0695. The Balaban J connectivity index is 1.57. The third-order valence-electron chi connectivity index (χ3n) is 7.08. The first kappa shape index (κ1) is 36.5. The highest BCUT2D eigenvalue weighted by molar-refractivity contribution is 7.59. The van der Waals surface area contributed by atoms with Gasteiger partial charge in [-0.25, -0.2) is 15.2 Å². The van der Waals surface area contributed by atoms with Crippen molar-refractivity contribution in [2.75, 3.05) is 38.5 Å². The normalized spacial score (nSPS) is 12.8. The number of esters is 2. The number of anilines is 1. The molecule has 2 aromatic carbocycles. The van der Waals surface area contributed by atoms with Gasteiger partial charge < -0.3 is 29.2 Å². The van der Waals surface area contributed by atoms with Crippen molar-refractivity contribution in [3.63, 3.8) is 0 Å². The Bertz CT molecular complexity index is 1590. The number of benzene rings is 2. The predicted octanol–water partition coefficient (Wildman–Crippen LogP) is 3.89. The van der Waals surface area contributed by atoms with E-state index in [-0.39, 0.29) is 51.5 Å². The lowest BCUT2D eigenvalue weighted by Gasteiger charge is -2.29. The first-order valence-electron chi connectivity index (χ1n) is 16.0. The second-order valence-electron chi connectivity index (χ2n) is 10.9. The Morgan fingerprint density at radius 3 is 1.94 bits per heavy atom. The number of nitrogens with zero attached hydrogens (tertiary/aromatic N) is 4. The highest BCUT2D eigenvalue weighted by Crippen LogP contribution is 2.39. The van der Waals surface area contributed by atoms with Crippen LogP contribution in [-0.4, -0.2) is 76.3 Å². The second-order valence-corrected chi connectivity index (χ2v) is 13.1. The minimum absolute atomic E-state index is 0.0426. The summed E-state index contributed by atoms with van der Waals surface area (Å²) in [5.41, 5.74) is 8.52. The molecule has 0 bridgehead atoms. The van der Waals surface area contributed by atoms with E-state index in [1.165, 1.54) is 0 Å². The molecule has 0 saturated heterocycles. The largest absolute Gasteiger partial charge is 0.476 e. The molecule has 4 aromatic rings. The van der Waals surface area contributed by atoms with E-state index in [1.54, 1.807) is 24.7 Å². The summed E-state index contributed by atoms with van der Waals surface area (Å²) in [4.78, 5) is 39.2. The van der Waals surface area contributed by atoms with Crippen molar-refractivity contribution in [2.45, 2.75) is 58.7 Å². The van der Waals surface area contributed by atoms with Gasteiger partial charge in [-0.15, -0.1) is 0 Å². The SMILES string of the molecule is CCCOc1nc(N)nc2c1ncn2CCOCP(=O)(N[C@@H](Cc1ccccc1)C(=O)OCC)N[C@@H](Cc1ccccc1)C(=O)OCC. The molecule has 0 aliphatic rings. The Kier molecular flexibility index (Phi) is 13.9. The predicted molar refractivity (Wildman–Crippen MR) is 181 cm³/mol. The van der Waals surface area contributed by atoms with Gasteiger partial charge in [0.25, 0.3) is 0 Å². The number of imidazole rings is 1. The van der Waals surface area contributed by atoms with Crippen molar-refractivity contribution in [3.05, 3.63) is 78.1 Å². The lowest BCUT2D eigenvalue weighted by Crippen LogP contribution is -2.46. The van der Waals surface area contributed by atoms with Gasteiger partial charge in [-0.1, -0.05) is 67.6 Å². The van der Waals surface area contributed by atoms with Crippen molar-refractivity contribution in [3.8, 4) is 5.88 Å². The van der Waals surface area contributed by atoms with E-state index in [9.17, 15) is 14.2 Å². The van der Waals surface area contributed by atoms with Crippen LogP contribution in [-0.2, 0) is 47.8 Å². The maximum Gasteiger partial charge on any atom is 0.323 e. The molecule has 0 radical (unpaired) electrons. The standard InChI is InChI=1S/C33H44N7O7P/c1-4-18-47-30-28-29(36-33(34)37-30)40(22-35-28)17-19-44-23-48(43,38-26(31(41)45-5-2)20-24-13-9-7-10-14-24)39-27(32(42)46-6-3)21-25-15-11-8-12-16-25/h7-16,22,26-27H,4-6,17-21,23H2,1-3H3,(H2,34,36,37)(H2,38,39,43)/t26-,27-/m0/s1. The van der Waals surface area contributed by atoms with Crippen molar-refractivity contribution in [1.82, 2.24) is 29.7 Å². The number of hydrogen-bond donors (Lipinski definition) is 3. The van der Waals surface area contributed by atoms with E-state index in [4.69, 9.17) is 24.7 Å². The summed E-state index contributed by atoms with van der Waals surface area (Å²) in [5, 5.41) is 6.00. The number of nitrogens with one attached hydrogen (secondary N) is 2. The number of fused-ring (bicyclic) bond motifs is 1. The summed E-state index contributed by atoms with van der Waals surface area (Å²) in [5.74, 6) is -0.825. The summed E-state index contributed by atoms with van der Waals surface area (Å²) >= 11 is 0. The molecule has 0 saturated carbocycles. The number of carbonyl (C=O) groups excluding carboxylic acids is 2. The van der Waals surface area contributed by atoms with Gasteiger partial charge in [-0.05, 0) is 44.2 Å². The van der Waals surface area contributed by atoms with Crippen LogP contribution < -0.4 is 20.6 Å². The zero-order valence-corrected chi connectivity index (χ0v) is 28.4. The zero-order valence-electron chi connectivity index (χ0n) is 27.5. The first-order chi connectivity index (χ1) is 23.2. The summed E-state index contributed by atoms with van der Waals surface area (Å²) in [6.07, 6.45) is 2.38. The highest BCUT2D eigenvalue weighted by atomic mass is 31.2. The lowest BCUT2D eigenvalue weighted by molar-refractivity contribution is -0.145. The van der Waals surface area contributed by atoms with Gasteiger partial charge in [0.05, 0.1) is 32.8 Å². The summed E-state index contributed by atoms with van der Waals surface area (Å²) < 4.78 is 38.9. The van der Waals surface area contributed by atoms with Gasteiger partial charge in [0.15, 0.2) is 11.2 Å². The van der Waals surface area contributed by atoms with Crippen LogP contribution in [0.15, 0.2) is 67.0 Å². The van der Waals surface area contributed by atoms with Crippen LogP contribution >= 0.6 is 7.44 Å². The average Bonchev–Trinajstić information content (AvgIpc) is 3.48. The van der Waals surface area contributed by atoms with E-state index >= 15 is 0 Å². The molecular weight excluding hydrogens is 637 g/mol. The van der Waals surface area contributed by atoms with Crippen molar-refractivity contribution >= 4 is 36.5 Å². The average molecular weight is 682 g/mol. The van der Waals surface area contributed by atoms with Gasteiger partial charge in [0.2, 0.25) is 19.3 Å². The third kappa shape index (κ3) is 10.6. The number of hydrogen-bond acceptors (Lipinski definition) is 11. The second kappa shape index (κ2) is 18.3. The van der Waals surface area contributed by atoms with Crippen LogP contribution in [0.25, 0.3) is 11.2 Å². The molecule has 0 amide bonds. The van der Waals surface area contributed by atoms with E-state index in [1.807, 2.05) is 67.6 Å². The molecule has 258 valence electrons. The van der Waals surface area contributed by atoms with Gasteiger partial charge >= 0.3 is 11.9 Å². The number of rotatable bonds is 20. The first-order valence-corrected chi connectivity index (χ1v) is 17.9. The summed E-state index contributed by atoms with van der Waals surface area (Å²) in [6, 6.07) is 16.6. The number of carbonyl (C=O) groups is 2. The fraction of sp³-hybridized carbons (Fsp3) is 0.424. The molecule has 4 rings (SSSR count). The topological polar surface area (TPSA) is 182 Å². The van der Waals surface area contributed by atoms with Gasteiger partial charge in [-0.3, -0.25) is 14.2 Å². The lowest BCUT2D eigenvalue weighted by atomic mass is 10.1. The Labute approximate surface area is 280 Å². The van der Waals surface area contributed by atoms with Gasteiger partial charge in [-0.2, -0.15) is 9.97 Å². The maximum absolute atomic E-state index is 14.8. The number of aromatic nitrogens is 4. The highest BCUT2D eigenvalue weighted by Gasteiger charge is 2.35. The summed E-state index contributed by atoms with van der Waals surface area (Å²) in [6.45, 7) is 6.46. The molecule has 2 aromatic heterocycles. The third-order valence-corrected chi connectivity index (χ3v) is 9.08. The van der Waals surface area contributed by atoms with Crippen molar-refractivity contribution in [1.29, 1.82) is 0 Å². The van der Waals surface area contributed by atoms with Crippen LogP contribution in [0.2, 0.25) is 0 Å². The molecule has 2 atom stereocenters. The molecule has 15 heteroatoms. The van der Waals surface area contributed by atoms with E-state index < -0.39 is 31.5 Å². The Hall–Kier alpha value is -4.36. The molecule has 0 fully saturated rings. The van der Waals surface area contributed by atoms with Crippen LogP contribution in [0, 0.1) is 0 Å². The molecule has 0 unspecified atom stereocenters. The molecular formula is C33H44N7O7P. The van der Waals surface area contributed by atoms with E-state index in [0.29, 0.717) is 23.7 Å². The number of ether oxygens (including phenoxy) is 4. The fourth-order valence-electron chi connectivity index (χ4n) is 4.92. The minimum Gasteiger partial charge on any atom is -0.476 e. The molecule has 48 heavy (non-hydrogen) atoms. The van der Waals surface area contributed by atoms with Crippen molar-refractivity contribution < 1.29 is 33.1 Å². The van der Waals surface area contributed by atoms with Crippen LogP contribution in [0.1, 0.15) is 38.3 Å². The number of nitrogen functional groups attached to an aromatic ring is 1. The molecule has 0 aliphatic carbocycles. The van der Waals surface area contributed by atoms with E-state index in [0.717, 1.165) is 17.5 Å². The van der Waals surface area contributed by atoms with E-state index in [2.05, 4.69) is 25.1 Å². The van der Waals surface area contributed by atoms with Crippen LogP contribution in [0.3, 0.4) is 0 Å². The summed E-state index contributed by atoms with van der Waals surface area (Å²) in [7, 11) is -3.86. The van der Waals surface area contributed by atoms with Crippen LogP contribution in [0.5, 0.6) is 5.88 Å². The monoisotopic (exact) mass is 681 g/mol. The molecule has 0 aliphatic heterocycles. The molecule has 2 heterocycles. The smallest absolute Gasteiger partial charge is 0.323 e. The molecule has 0 spiro atoms. The Morgan fingerprint density at radius 2 is 1.42 bits per heavy atom. The Morgan fingerprint density at radius 1 is 0.854 bits per heavy atom. The molecule has 14 nitrogen and oxygen atoms in total. The van der Waals surface area contributed by atoms with Gasteiger partial charge in [0, 0.05) is 6.54 Å². The van der Waals surface area contributed by atoms with Crippen LogP contribution in [0.4, 0.5) is 5.95 Å². The van der Waals surface area contributed by atoms with Gasteiger partial charge in [0.1, 0.15) is 18.4 Å². The fourth-order valence-corrected chi connectivity index (χ4v) is 6.93. The van der Waals surface area contributed by atoms with Crippen molar-refractivity contribution in [2.24, 2.45) is 0 Å².